The minimum Gasteiger partial charge on any atom is -0.488 e. The zero-order chi connectivity index (χ0) is 11.4. The highest BCUT2D eigenvalue weighted by Crippen LogP contribution is 2.21. The summed E-state index contributed by atoms with van der Waals surface area (Å²) in [4.78, 5) is 0. The minimum atomic E-state index is -0.421. The Morgan fingerprint density at radius 1 is 1.44 bits per heavy atom. The molecule has 0 aromatic heterocycles. The fourth-order valence-electron chi connectivity index (χ4n) is 1.76. The molecule has 1 fully saturated rings. The Bertz CT molecular complexity index is 351. The number of hydrogen-bond acceptors (Lipinski definition) is 3. The van der Waals surface area contributed by atoms with Crippen molar-refractivity contribution in [2.45, 2.75) is 25.4 Å². The predicted molar refractivity (Wildman–Crippen MR) is 59.9 cm³/mol. The second-order valence-electron chi connectivity index (χ2n) is 3.99. The summed E-state index contributed by atoms with van der Waals surface area (Å²) in [7, 11) is 0. The summed E-state index contributed by atoms with van der Waals surface area (Å²) in [5.41, 5.74) is 5.85. The summed E-state index contributed by atoms with van der Waals surface area (Å²) in [6.07, 6.45) is 3.33. The topological polar surface area (TPSA) is 44.5 Å². The molecule has 3 nitrogen and oxygen atoms in total. The molecule has 1 aromatic rings. The Labute approximate surface area is 94.3 Å². The molecular weight excluding hydrogens is 209 g/mol. The molecule has 1 aliphatic rings. The lowest BCUT2D eigenvalue weighted by Gasteiger charge is -2.22. The maximum atomic E-state index is 13.4. The van der Waals surface area contributed by atoms with Crippen LogP contribution in [0.3, 0.4) is 0 Å². The first-order valence-corrected chi connectivity index (χ1v) is 5.55. The van der Waals surface area contributed by atoms with E-state index in [0.717, 1.165) is 25.9 Å². The fourth-order valence-corrected chi connectivity index (χ4v) is 1.76. The van der Waals surface area contributed by atoms with Gasteiger partial charge in [-0.05, 0) is 31.4 Å². The van der Waals surface area contributed by atoms with Crippen LogP contribution < -0.4 is 10.5 Å². The molecule has 0 radical (unpaired) electrons. The van der Waals surface area contributed by atoms with Crippen molar-refractivity contribution >= 4 is 5.69 Å². The minimum absolute atomic E-state index is 0.0886. The van der Waals surface area contributed by atoms with E-state index >= 15 is 0 Å². The third-order valence-electron chi connectivity index (χ3n) is 2.65. The van der Waals surface area contributed by atoms with E-state index in [4.69, 9.17) is 15.2 Å². The average Bonchev–Trinajstić information content (AvgIpc) is 2.29. The monoisotopic (exact) mass is 225 g/mol. The number of anilines is 1. The van der Waals surface area contributed by atoms with Crippen LogP contribution in [0.15, 0.2) is 18.2 Å². The largest absolute Gasteiger partial charge is 0.488 e. The van der Waals surface area contributed by atoms with E-state index < -0.39 is 5.82 Å². The summed E-state index contributed by atoms with van der Waals surface area (Å²) in [6, 6.07) is 4.44. The summed E-state index contributed by atoms with van der Waals surface area (Å²) in [5, 5.41) is 0. The molecule has 0 unspecified atom stereocenters. The van der Waals surface area contributed by atoms with Crippen LogP contribution in [-0.2, 0) is 4.74 Å². The molecular formula is C12H16FNO2. The van der Waals surface area contributed by atoms with Crippen molar-refractivity contribution in [1.29, 1.82) is 0 Å². The van der Waals surface area contributed by atoms with Gasteiger partial charge in [-0.15, -0.1) is 0 Å². The first-order valence-electron chi connectivity index (χ1n) is 5.55. The Kier molecular flexibility index (Phi) is 3.62. The van der Waals surface area contributed by atoms with E-state index in [9.17, 15) is 4.39 Å². The molecule has 2 rings (SSSR count). The van der Waals surface area contributed by atoms with Gasteiger partial charge in [0.25, 0.3) is 0 Å². The first-order chi connectivity index (χ1) is 7.75. The molecule has 1 aliphatic heterocycles. The van der Waals surface area contributed by atoms with Crippen molar-refractivity contribution in [3.8, 4) is 5.75 Å². The molecule has 1 atom stereocenters. The lowest BCUT2D eigenvalue weighted by Crippen LogP contribution is -2.25. The van der Waals surface area contributed by atoms with Crippen molar-refractivity contribution in [1.82, 2.24) is 0 Å². The summed E-state index contributed by atoms with van der Waals surface area (Å²) >= 11 is 0. The van der Waals surface area contributed by atoms with Gasteiger partial charge in [0.1, 0.15) is 6.61 Å². The van der Waals surface area contributed by atoms with Crippen LogP contribution in [0.25, 0.3) is 0 Å². The van der Waals surface area contributed by atoms with Gasteiger partial charge in [0.15, 0.2) is 11.6 Å². The number of ether oxygens (including phenoxy) is 2. The third-order valence-corrected chi connectivity index (χ3v) is 2.65. The van der Waals surface area contributed by atoms with E-state index in [-0.39, 0.29) is 11.9 Å². The number of nitrogen functional groups attached to an aromatic ring is 1. The lowest BCUT2D eigenvalue weighted by atomic mass is 10.1. The first kappa shape index (κ1) is 11.2. The van der Waals surface area contributed by atoms with E-state index in [2.05, 4.69) is 0 Å². The molecule has 1 saturated heterocycles. The van der Waals surface area contributed by atoms with Crippen molar-refractivity contribution in [2.75, 3.05) is 18.9 Å². The van der Waals surface area contributed by atoms with Crippen LogP contribution >= 0.6 is 0 Å². The van der Waals surface area contributed by atoms with Gasteiger partial charge in [-0.1, -0.05) is 0 Å². The Balaban J connectivity index is 1.88. The average molecular weight is 225 g/mol. The highest BCUT2D eigenvalue weighted by Gasteiger charge is 2.15. The van der Waals surface area contributed by atoms with Crippen molar-refractivity contribution in [2.24, 2.45) is 0 Å². The smallest absolute Gasteiger partial charge is 0.167 e. The van der Waals surface area contributed by atoms with E-state index in [0.29, 0.717) is 12.3 Å². The van der Waals surface area contributed by atoms with Crippen molar-refractivity contribution in [3.05, 3.63) is 24.0 Å². The number of hydrogen-bond donors (Lipinski definition) is 1. The van der Waals surface area contributed by atoms with Gasteiger partial charge in [-0.3, -0.25) is 0 Å². The summed E-state index contributed by atoms with van der Waals surface area (Å²) < 4.78 is 24.2. The van der Waals surface area contributed by atoms with Crippen molar-refractivity contribution in [3.63, 3.8) is 0 Å². The molecule has 0 amide bonds. The molecule has 88 valence electrons. The second kappa shape index (κ2) is 5.16. The molecule has 4 heteroatoms. The van der Waals surface area contributed by atoms with Crippen LogP contribution in [0, 0.1) is 5.82 Å². The fraction of sp³-hybridized carbons (Fsp3) is 0.500. The van der Waals surface area contributed by atoms with Crippen LogP contribution in [0.4, 0.5) is 10.1 Å². The molecule has 0 saturated carbocycles. The van der Waals surface area contributed by atoms with Crippen LogP contribution in [0.5, 0.6) is 5.75 Å². The molecule has 1 aromatic carbocycles. The summed E-state index contributed by atoms with van der Waals surface area (Å²) in [5.74, 6) is -0.181. The Hall–Kier alpha value is -1.29. The summed E-state index contributed by atoms with van der Waals surface area (Å²) in [6.45, 7) is 1.18. The maximum absolute atomic E-state index is 13.4. The molecule has 0 spiro atoms. The lowest BCUT2D eigenvalue weighted by molar-refractivity contribution is -0.0117. The van der Waals surface area contributed by atoms with Gasteiger partial charge in [0, 0.05) is 18.4 Å². The number of rotatable bonds is 3. The quantitative estimate of drug-likeness (QED) is 0.803. The number of nitrogens with two attached hydrogens (primary N) is 1. The highest BCUT2D eigenvalue weighted by molar-refractivity contribution is 5.42. The van der Waals surface area contributed by atoms with Gasteiger partial charge in [-0.25, -0.2) is 4.39 Å². The number of benzene rings is 1. The number of halogens is 1. The van der Waals surface area contributed by atoms with Crippen LogP contribution in [-0.4, -0.2) is 19.3 Å². The van der Waals surface area contributed by atoms with E-state index in [1.54, 1.807) is 12.1 Å². The van der Waals surface area contributed by atoms with Gasteiger partial charge < -0.3 is 15.2 Å². The van der Waals surface area contributed by atoms with Gasteiger partial charge in [-0.2, -0.15) is 0 Å². The Morgan fingerprint density at radius 2 is 2.31 bits per heavy atom. The molecule has 2 N–H and O–H groups in total. The van der Waals surface area contributed by atoms with E-state index in [1.165, 1.54) is 6.07 Å². The molecule has 16 heavy (non-hydrogen) atoms. The second-order valence-corrected chi connectivity index (χ2v) is 3.99. The predicted octanol–water partition coefficient (Wildman–Crippen LogP) is 2.36. The normalized spacial score (nSPS) is 20.7. The van der Waals surface area contributed by atoms with Crippen LogP contribution in [0.1, 0.15) is 19.3 Å². The van der Waals surface area contributed by atoms with Gasteiger partial charge >= 0.3 is 0 Å². The van der Waals surface area contributed by atoms with Crippen molar-refractivity contribution < 1.29 is 13.9 Å². The standard InChI is InChI=1S/C12H16FNO2/c13-11-7-9(14)4-5-12(11)16-8-10-3-1-2-6-15-10/h4-5,7,10H,1-3,6,8,14H2/t10-/m0/s1. The van der Waals surface area contributed by atoms with Gasteiger partial charge in [0.05, 0.1) is 6.10 Å². The van der Waals surface area contributed by atoms with E-state index in [1.807, 2.05) is 0 Å². The maximum Gasteiger partial charge on any atom is 0.167 e. The zero-order valence-corrected chi connectivity index (χ0v) is 9.12. The van der Waals surface area contributed by atoms with Gasteiger partial charge in [0.2, 0.25) is 0 Å². The molecule has 1 heterocycles. The molecule has 0 bridgehead atoms. The third kappa shape index (κ3) is 2.85. The SMILES string of the molecule is Nc1ccc(OC[C@@H]2CCCCO2)c(F)c1. The highest BCUT2D eigenvalue weighted by atomic mass is 19.1. The van der Waals surface area contributed by atoms with Crippen LogP contribution in [0.2, 0.25) is 0 Å². The zero-order valence-electron chi connectivity index (χ0n) is 9.12. The Morgan fingerprint density at radius 3 is 3.00 bits per heavy atom. The molecule has 0 aliphatic carbocycles.